The minimum atomic E-state index is -0.862. The van der Waals surface area contributed by atoms with E-state index in [1.807, 2.05) is 67.3 Å². The normalized spacial score (nSPS) is 20.0. The zero-order chi connectivity index (χ0) is 23.6. The predicted molar refractivity (Wildman–Crippen MR) is 131 cm³/mol. The van der Waals surface area contributed by atoms with E-state index in [-0.39, 0.29) is 22.9 Å². The fourth-order valence-electron chi connectivity index (χ4n) is 5.23. The summed E-state index contributed by atoms with van der Waals surface area (Å²) in [5.41, 5.74) is 2.66. The lowest BCUT2D eigenvalue weighted by molar-refractivity contribution is -0.139. The van der Waals surface area contributed by atoms with Gasteiger partial charge in [0.1, 0.15) is 0 Å². The lowest BCUT2D eigenvalue weighted by Crippen LogP contribution is -2.49. The average Bonchev–Trinajstić information content (AvgIpc) is 2.78. The van der Waals surface area contributed by atoms with E-state index in [1.54, 1.807) is 12.3 Å². The number of hydrogen-bond donors (Lipinski definition) is 2. The van der Waals surface area contributed by atoms with Gasteiger partial charge in [-0.15, -0.1) is 0 Å². The van der Waals surface area contributed by atoms with E-state index in [0.29, 0.717) is 19.4 Å². The first-order chi connectivity index (χ1) is 15.7. The Labute approximate surface area is 195 Å². The number of nitrogens with one attached hydrogen (secondary N) is 1. The summed E-state index contributed by atoms with van der Waals surface area (Å²) in [7, 11) is 0. The van der Waals surface area contributed by atoms with Crippen LogP contribution in [-0.2, 0) is 10.2 Å². The van der Waals surface area contributed by atoms with Gasteiger partial charge in [0.2, 0.25) is 11.5 Å². The zero-order valence-corrected chi connectivity index (χ0v) is 19.5. The molecule has 172 valence electrons. The highest BCUT2D eigenvalue weighted by Gasteiger charge is 2.44. The third kappa shape index (κ3) is 5.09. The Morgan fingerprint density at radius 1 is 1.03 bits per heavy atom. The lowest BCUT2D eigenvalue weighted by Gasteiger charge is -2.46. The van der Waals surface area contributed by atoms with Gasteiger partial charge >= 0.3 is 0 Å². The van der Waals surface area contributed by atoms with Gasteiger partial charge in [0, 0.05) is 30.6 Å². The van der Waals surface area contributed by atoms with E-state index < -0.39 is 5.60 Å². The van der Waals surface area contributed by atoms with Crippen LogP contribution in [0.2, 0.25) is 0 Å². The first kappa shape index (κ1) is 23.0. The highest BCUT2D eigenvalue weighted by molar-refractivity contribution is 5.79. The monoisotopic (exact) mass is 444 g/mol. The zero-order valence-electron chi connectivity index (χ0n) is 19.5. The third-order valence-corrected chi connectivity index (χ3v) is 6.77. The van der Waals surface area contributed by atoms with Crippen molar-refractivity contribution in [2.24, 2.45) is 0 Å². The smallest absolute Gasteiger partial charge is 0.248 e. The molecule has 0 bridgehead atoms. The van der Waals surface area contributed by atoms with E-state index >= 15 is 0 Å². The molecule has 1 aliphatic heterocycles. The summed E-state index contributed by atoms with van der Waals surface area (Å²) >= 11 is 0. The fraction of sp³-hybridized carbons (Fsp3) is 0.357. The van der Waals surface area contributed by atoms with Gasteiger partial charge in [-0.3, -0.25) is 9.59 Å². The Hall–Kier alpha value is -3.18. The molecule has 1 saturated heterocycles. The number of aliphatic hydroxyl groups is 1. The first-order valence-corrected chi connectivity index (χ1v) is 11.5. The maximum atomic E-state index is 13.4. The number of carbonyl (C=O) groups excluding carboxylic acids is 1. The first-order valence-electron chi connectivity index (χ1n) is 11.5. The number of likely N-dealkylation sites (tertiary alicyclic amines) is 1. The number of aromatic amines is 1. The molecule has 3 aromatic rings. The molecule has 0 aliphatic carbocycles. The van der Waals surface area contributed by atoms with Crippen molar-refractivity contribution in [2.75, 3.05) is 6.54 Å². The van der Waals surface area contributed by atoms with Crippen LogP contribution in [0.5, 0.6) is 0 Å². The number of aromatic nitrogens is 1. The molecule has 2 atom stereocenters. The van der Waals surface area contributed by atoms with Gasteiger partial charge in [-0.25, -0.2) is 0 Å². The molecule has 1 amide bonds. The standard InChI is InChI=1S/C28H32N2O3/c1-20(21-9-11-22(12-10-21)23-13-15-29-25(31)17-23)30-16-14-28(18-26(30)32,19-27(2,3)33)24-7-5-4-6-8-24/h4-13,15,17,20,33H,14,16,18-19H2,1-3H3,(H,29,31)/t20-,28-/m0/s1. The average molecular weight is 445 g/mol. The molecule has 1 aromatic heterocycles. The molecule has 4 rings (SSSR count). The molecule has 1 aliphatic rings. The van der Waals surface area contributed by atoms with Gasteiger partial charge in [0.05, 0.1) is 11.6 Å². The number of nitrogens with zero attached hydrogens (tertiary/aromatic N) is 1. The van der Waals surface area contributed by atoms with Crippen LogP contribution in [-0.4, -0.2) is 33.0 Å². The highest BCUT2D eigenvalue weighted by Crippen LogP contribution is 2.44. The Bertz CT molecular complexity index is 1160. The summed E-state index contributed by atoms with van der Waals surface area (Å²) < 4.78 is 0. The molecule has 2 N–H and O–H groups in total. The van der Waals surface area contributed by atoms with Crippen LogP contribution in [0.25, 0.3) is 11.1 Å². The second-order valence-corrected chi connectivity index (χ2v) is 9.89. The summed E-state index contributed by atoms with van der Waals surface area (Å²) in [5, 5.41) is 10.6. The summed E-state index contributed by atoms with van der Waals surface area (Å²) in [5.74, 6) is 0.112. The minimum Gasteiger partial charge on any atom is -0.390 e. The molecular weight excluding hydrogens is 412 g/mol. The molecule has 0 spiro atoms. The van der Waals surface area contributed by atoms with Crippen molar-refractivity contribution in [1.82, 2.24) is 9.88 Å². The van der Waals surface area contributed by atoms with Gasteiger partial charge in [0.25, 0.3) is 0 Å². The van der Waals surface area contributed by atoms with Crippen molar-refractivity contribution in [2.45, 2.75) is 57.1 Å². The Kier molecular flexibility index (Phi) is 6.26. The number of rotatable bonds is 6. The molecule has 0 unspecified atom stereocenters. The van der Waals surface area contributed by atoms with Crippen molar-refractivity contribution in [3.05, 3.63) is 94.4 Å². The van der Waals surface area contributed by atoms with Crippen molar-refractivity contribution < 1.29 is 9.90 Å². The minimum absolute atomic E-state index is 0.0540. The molecular formula is C28H32N2O3. The van der Waals surface area contributed by atoms with Crippen molar-refractivity contribution in [3.8, 4) is 11.1 Å². The van der Waals surface area contributed by atoms with Gasteiger partial charge in [0.15, 0.2) is 0 Å². The quantitative estimate of drug-likeness (QED) is 0.572. The summed E-state index contributed by atoms with van der Waals surface area (Å²) in [6.45, 7) is 6.34. The van der Waals surface area contributed by atoms with E-state index in [1.165, 1.54) is 0 Å². The van der Waals surface area contributed by atoms with Crippen molar-refractivity contribution in [3.63, 3.8) is 0 Å². The highest BCUT2D eigenvalue weighted by atomic mass is 16.3. The number of pyridine rings is 1. The van der Waals surface area contributed by atoms with Crippen LogP contribution in [0.1, 0.15) is 57.2 Å². The van der Waals surface area contributed by atoms with Crippen LogP contribution in [0.15, 0.2) is 77.7 Å². The van der Waals surface area contributed by atoms with Crippen LogP contribution in [0.3, 0.4) is 0 Å². The van der Waals surface area contributed by atoms with Crippen molar-refractivity contribution in [1.29, 1.82) is 0 Å². The predicted octanol–water partition coefficient (Wildman–Crippen LogP) is 4.82. The summed E-state index contributed by atoms with van der Waals surface area (Å²) in [4.78, 5) is 29.6. The number of piperidine rings is 1. The molecule has 2 heterocycles. The number of carbonyl (C=O) groups is 1. The van der Waals surface area contributed by atoms with E-state index in [9.17, 15) is 14.7 Å². The van der Waals surface area contributed by atoms with Crippen LogP contribution in [0, 0.1) is 0 Å². The van der Waals surface area contributed by atoms with E-state index in [0.717, 1.165) is 28.7 Å². The maximum Gasteiger partial charge on any atom is 0.248 e. The van der Waals surface area contributed by atoms with Crippen LogP contribution < -0.4 is 5.56 Å². The molecule has 2 aromatic carbocycles. The molecule has 0 radical (unpaired) electrons. The molecule has 1 fully saturated rings. The Morgan fingerprint density at radius 3 is 2.33 bits per heavy atom. The topological polar surface area (TPSA) is 73.4 Å². The SMILES string of the molecule is C[C@@H](c1ccc(-c2cc[nH]c(=O)c2)cc1)N1CC[C@](CC(C)(C)O)(c2ccccc2)CC1=O. The molecule has 33 heavy (non-hydrogen) atoms. The van der Waals surface area contributed by atoms with E-state index in [4.69, 9.17) is 0 Å². The molecule has 0 saturated carbocycles. The molecule has 5 heteroatoms. The Morgan fingerprint density at radius 2 is 1.73 bits per heavy atom. The summed E-state index contributed by atoms with van der Waals surface area (Å²) in [6.07, 6.45) is 3.38. The van der Waals surface area contributed by atoms with Gasteiger partial charge in [-0.05, 0) is 61.9 Å². The van der Waals surface area contributed by atoms with Crippen LogP contribution >= 0.6 is 0 Å². The van der Waals surface area contributed by atoms with Crippen LogP contribution in [0.4, 0.5) is 0 Å². The third-order valence-electron chi connectivity index (χ3n) is 6.77. The second kappa shape index (κ2) is 8.99. The second-order valence-electron chi connectivity index (χ2n) is 9.89. The van der Waals surface area contributed by atoms with Crippen molar-refractivity contribution >= 4 is 5.91 Å². The lowest BCUT2D eigenvalue weighted by atomic mass is 9.66. The number of H-pyrrole nitrogens is 1. The van der Waals surface area contributed by atoms with E-state index in [2.05, 4.69) is 24.0 Å². The Balaban J connectivity index is 1.54. The largest absolute Gasteiger partial charge is 0.390 e. The maximum absolute atomic E-state index is 13.4. The number of hydrogen-bond acceptors (Lipinski definition) is 3. The number of benzene rings is 2. The van der Waals surface area contributed by atoms with Gasteiger partial charge in [-0.1, -0.05) is 54.6 Å². The van der Waals surface area contributed by atoms with Gasteiger partial charge < -0.3 is 15.0 Å². The fourth-order valence-corrected chi connectivity index (χ4v) is 5.23. The molecule has 5 nitrogen and oxygen atoms in total. The van der Waals surface area contributed by atoms with Gasteiger partial charge in [-0.2, -0.15) is 0 Å². The number of amides is 1. The summed E-state index contributed by atoms with van der Waals surface area (Å²) in [6, 6.07) is 21.6.